The highest BCUT2D eigenvalue weighted by atomic mass is 19.4. The highest BCUT2D eigenvalue weighted by molar-refractivity contribution is 5.69. The Hall–Kier alpha value is -0.740. The Morgan fingerprint density at radius 2 is 2.00 bits per heavy atom. The molecule has 0 saturated heterocycles. The van der Waals surface area contributed by atoms with Crippen LogP contribution < -0.4 is 0 Å². The quantitative estimate of drug-likeness (QED) is 0.728. The number of rotatable bonds is 4. The summed E-state index contributed by atoms with van der Waals surface area (Å²) in [6, 6.07) is 0. The number of hydrogen-bond acceptors (Lipinski definition) is 1. The summed E-state index contributed by atoms with van der Waals surface area (Å²) in [5.74, 6) is -2.65. The van der Waals surface area contributed by atoms with Crippen molar-refractivity contribution in [2.75, 3.05) is 0 Å². The Morgan fingerprint density at radius 1 is 1.50 bits per heavy atom. The maximum atomic E-state index is 11.7. The maximum Gasteiger partial charge on any atom is 0.389 e. The van der Waals surface area contributed by atoms with Gasteiger partial charge in [-0.1, -0.05) is 13.3 Å². The Bertz CT molecular complexity index is 153. The van der Waals surface area contributed by atoms with Crippen LogP contribution >= 0.6 is 0 Å². The van der Waals surface area contributed by atoms with E-state index in [9.17, 15) is 18.0 Å². The van der Waals surface area contributed by atoms with Crippen molar-refractivity contribution in [2.45, 2.75) is 32.4 Å². The second-order valence-corrected chi connectivity index (χ2v) is 2.64. The van der Waals surface area contributed by atoms with Crippen LogP contribution in [0.3, 0.4) is 0 Å². The van der Waals surface area contributed by atoms with Crippen molar-refractivity contribution >= 4 is 5.97 Å². The smallest absolute Gasteiger partial charge is 0.389 e. The molecule has 0 bridgehead atoms. The summed E-state index contributed by atoms with van der Waals surface area (Å²) in [7, 11) is 0. The first kappa shape index (κ1) is 11.3. The molecular weight excluding hydrogens is 173 g/mol. The molecule has 0 aromatic heterocycles. The average molecular weight is 184 g/mol. The van der Waals surface area contributed by atoms with Crippen LogP contribution in [0.4, 0.5) is 13.2 Å². The first-order valence-electron chi connectivity index (χ1n) is 3.66. The van der Waals surface area contributed by atoms with Gasteiger partial charge in [0.05, 0.1) is 12.3 Å². The number of alkyl halides is 3. The monoisotopic (exact) mass is 184 g/mol. The third-order valence-electron chi connectivity index (χ3n) is 1.46. The fraction of sp³-hybridized carbons (Fsp3) is 0.857. The molecule has 0 aromatic carbocycles. The molecule has 2 nitrogen and oxygen atoms in total. The number of carboxylic acid groups (broad SMARTS) is 1. The summed E-state index contributed by atoms with van der Waals surface area (Å²) in [4.78, 5) is 10.3. The third kappa shape index (κ3) is 4.98. The molecule has 1 atom stereocenters. The lowest BCUT2D eigenvalue weighted by molar-refractivity contribution is -0.164. The minimum absolute atomic E-state index is 0.0782. The molecule has 12 heavy (non-hydrogen) atoms. The molecule has 0 aliphatic rings. The summed E-state index contributed by atoms with van der Waals surface area (Å²) < 4.78 is 35.2. The van der Waals surface area contributed by atoms with Crippen LogP contribution in [0.15, 0.2) is 0 Å². The van der Waals surface area contributed by atoms with Crippen LogP contribution in [0, 0.1) is 5.92 Å². The number of hydrogen-bond donors (Lipinski definition) is 1. The first-order chi connectivity index (χ1) is 5.37. The van der Waals surface area contributed by atoms with Crippen molar-refractivity contribution in [3.8, 4) is 0 Å². The number of carbonyl (C=O) groups is 1. The predicted molar refractivity (Wildman–Crippen MR) is 36.7 cm³/mol. The molecule has 0 aromatic rings. The highest BCUT2D eigenvalue weighted by Gasteiger charge is 2.34. The van der Waals surface area contributed by atoms with Gasteiger partial charge >= 0.3 is 12.1 Å². The van der Waals surface area contributed by atoms with Gasteiger partial charge in [0.1, 0.15) is 0 Å². The van der Waals surface area contributed by atoms with Crippen molar-refractivity contribution in [3.05, 3.63) is 0 Å². The molecule has 1 N–H and O–H groups in total. The molecule has 0 fully saturated rings. The van der Waals surface area contributed by atoms with Gasteiger partial charge in [0.25, 0.3) is 0 Å². The minimum Gasteiger partial charge on any atom is -0.481 e. The topological polar surface area (TPSA) is 37.3 Å². The van der Waals surface area contributed by atoms with E-state index in [1.165, 1.54) is 0 Å². The van der Waals surface area contributed by atoms with Crippen LogP contribution in [-0.4, -0.2) is 17.3 Å². The number of halogens is 3. The largest absolute Gasteiger partial charge is 0.481 e. The van der Waals surface area contributed by atoms with Gasteiger partial charge in [-0.25, -0.2) is 0 Å². The van der Waals surface area contributed by atoms with Crippen LogP contribution in [0.1, 0.15) is 26.2 Å². The van der Waals surface area contributed by atoms with Crippen LogP contribution in [-0.2, 0) is 4.79 Å². The molecule has 1 unspecified atom stereocenters. The number of aliphatic carboxylic acids is 1. The molecule has 0 saturated carbocycles. The Morgan fingerprint density at radius 3 is 2.25 bits per heavy atom. The Labute approximate surface area is 68.4 Å². The van der Waals surface area contributed by atoms with E-state index < -0.39 is 24.5 Å². The zero-order valence-electron chi connectivity index (χ0n) is 6.69. The highest BCUT2D eigenvalue weighted by Crippen LogP contribution is 2.27. The lowest BCUT2D eigenvalue weighted by Crippen LogP contribution is -2.21. The summed E-state index contributed by atoms with van der Waals surface area (Å²) in [6.07, 6.45) is -5.07. The molecule has 0 spiro atoms. The van der Waals surface area contributed by atoms with E-state index in [4.69, 9.17) is 5.11 Å². The SMILES string of the molecule is CCCC(CC(F)(F)F)C(=O)O. The van der Waals surface area contributed by atoms with Gasteiger partial charge in [0.15, 0.2) is 0 Å². The van der Waals surface area contributed by atoms with Gasteiger partial charge in [-0.15, -0.1) is 0 Å². The minimum atomic E-state index is -4.38. The summed E-state index contributed by atoms with van der Waals surface area (Å²) in [5.41, 5.74) is 0. The van der Waals surface area contributed by atoms with E-state index in [1.54, 1.807) is 6.92 Å². The van der Waals surface area contributed by atoms with E-state index >= 15 is 0 Å². The fourth-order valence-corrected chi connectivity index (χ4v) is 0.941. The van der Waals surface area contributed by atoms with Gasteiger partial charge in [0, 0.05) is 0 Å². The van der Waals surface area contributed by atoms with Crippen molar-refractivity contribution in [3.63, 3.8) is 0 Å². The van der Waals surface area contributed by atoms with Crippen LogP contribution in [0.25, 0.3) is 0 Å². The van der Waals surface area contributed by atoms with Gasteiger partial charge in [-0.05, 0) is 6.42 Å². The van der Waals surface area contributed by atoms with Crippen LogP contribution in [0.5, 0.6) is 0 Å². The van der Waals surface area contributed by atoms with Crippen LogP contribution in [0.2, 0.25) is 0 Å². The van der Waals surface area contributed by atoms with E-state index in [-0.39, 0.29) is 6.42 Å². The zero-order chi connectivity index (χ0) is 9.78. The fourth-order valence-electron chi connectivity index (χ4n) is 0.941. The Kier molecular flexibility index (Phi) is 4.06. The molecule has 0 aliphatic heterocycles. The normalized spacial score (nSPS) is 14.3. The summed E-state index contributed by atoms with van der Waals surface area (Å²) in [6.45, 7) is 1.66. The summed E-state index contributed by atoms with van der Waals surface area (Å²) in [5, 5.41) is 8.37. The predicted octanol–water partition coefficient (Wildman–Crippen LogP) is 2.44. The van der Waals surface area contributed by atoms with E-state index in [2.05, 4.69) is 0 Å². The van der Waals surface area contributed by atoms with E-state index in [0.717, 1.165) is 0 Å². The van der Waals surface area contributed by atoms with E-state index in [0.29, 0.717) is 6.42 Å². The molecule has 0 amide bonds. The molecular formula is C7H11F3O2. The molecule has 5 heteroatoms. The van der Waals surface area contributed by atoms with E-state index in [1.807, 2.05) is 0 Å². The van der Waals surface area contributed by atoms with Crippen molar-refractivity contribution in [1.82, 2.24) is 0 Å². The molecule has 0 aliphatic carbocycles. The van der Waals surface area contributed by atoms with Gasteiger partial charge in [-0.2, -0.15) is 13.2 Å². The Balaban J connectivity index is 4.05. The van der Waals surface area contributed by atoms with Gasteiger partial charge in [0.2, 0.25) is 0 Å². The standard InChI is InChI=1S/C7H11F3O2/c1-2-3-5(6(11)12)4-7(8,9)10/h5H,2-4H2,1H3,(H,11,12). The zero-order valence-corrected chi connectivity index (χ0v) is 6.69. The first-order valence-corrected chi connectivity index (χ1v) is 3.66. The lowest BCUT2D eigenvalue weighted by atomic mass is 10.00. The van der Waals surface area contributed by atoms with Gasteiger partial charge < -0.3 is 5.11 Å². The third-order valence-corrected chi connectivity index (χ3v) is 1.46. The molecule has 0 rings (SSSR count). The molecule has 0 radical (unpaired) electrons. The lowest BCUT2D eigenvalue weighted by Gasteiger charge is -2.12. The second kappa shape index (κ2) is 4.33. The number of carboxylic acids is 1. The van der Waals surface area contributed by atoms with Crippen molar-refractivity contribution in [1.29, 1.82) is 0 Å². The second-order valence-electron chi connectivity index (χ2n) is 2.64. The van der Waals surface area contributed by atoms with Gasteiger partial charge in [-0.3, -0.25) is 4.79 Å². The average Bonchev–Trinajstić information content (AvgIpc) is 1.83. The van der Waals surface area contributed by atoms with Crippen molar-refractivity contribution < 1.29 is 23.1 Å². The molecule has 0 heterocycles. The maximum absolute atomic E-state index is 11.7. The van der Waals surface area contributed by atoms with Crippen molar-refractivity contribution in [2.24, 2.45) is 5.92 Å². The molecule has 72 valence electrons. The summed E-state index contributed by atoms with van der Waals surface area (Å²) >= 11 is 0.